The number of carbonyl (C=O) groups excluding carboxylic acids is 3. The van der Waals surface area contributed by atoms with E-state index >= 15 is 0 Å². The Hall–Kier alpha value is -6.38. The van der Waals surface area contributed by atoms with Crippen molar-refractivity contribution in [2.45, 2.75) is 30.6 Å². The van der Waals surface area contributed by atoms with Crippen LogP contribution in [0.3, 0.4) is 0 Å². The van der Waals surface area contributed by atoms with E-state index in [9.17, 15) is 14.4 Å². The highest BCUT2D eigenvalue weighted by Gasteiger charge is 2.23. The largest absolute Gasteiger partial charge is 0.489 e. The summed E-state index contributed by atoms with van der Waals surface area (Å²) in [4.78, 5) is 41.3. The monoisotopic (exact) mass is 717 g/mol. The van der Waals surface area contributed by atoms with E-state index in [2.05, 4.69) is 16.0 Å². The first kappa shape index (κ1) is 36.4. The smallest absolute Gasteiger partial charge is 0.272 e. The summed E-state index contributed by atoms with van der Waals surface area (Å²) in [5.41, 5.74) is 6.65. The topological polar surface area (TPSA) is 96.5 Å². The van der Waals surface area contributed by atoms with E-state index in [0.717, 1.165) is 32.8 Å². The second-order valence-electron chi connectivity index (χ2n) is 12.4. The number of nitrogens with one attached hydrogen (secondary N) is 3. The van der Waals surface area contributed by atoms with Crippen molar-refractivity contribution < 1.29 is 19.1 Å². The Balaban J connectivity index is 1.16. The maximum Gasteiger partial charge on any atom is 0.272 e. The molecule has 3 N–H and O–H groups in total. The molecule has 0 aromatic heterocycles. The molecule has 0 spiro atoms. The average molecular weight is 718 g/mol. The molecule has 0 fully saturated rings. The van der Waals surface area contributed by atoms with E-state index in [1.807, 2.05) is 135 Å². The zero-order valence-corrected chi connectivity index (χ0v) is 30.2. The van der Waals surface area contributed by atoms with Gasteiger partial charge in [0.05, 0.1) is 0 Å². The van der Waals surface area contributed by atoms with Crippen LogP contribution in [0, 0.1) is 13.8 Å². The van der Waals surface area contributed by atoms with Crippen LogP contribution in [-0.4, -0.2) is 17.7 Å². The third-order valence-corrected chi connectivity index (χ3v) is 9.72. The number of rotatable bonds is 13. The molecule has 1 atom stereocenters. The van der Waals surface area contributed by atoms with Crippen LogP contribution in [0.4, 0.5) is 11.4 Å². The van der Waals surface area contributed by atoms with E-state index < -0.39 is 17.1 Å². The molecule has 8 heteroatoms. The van der Waals surface area contributed by atoms with Gasteiger partial charge >= 0.3 is 0 Å². The summed E-state index contributed by atoms with van der Waals surface area (Å²) in [6.07, 6.45) is 1.62. The summed E-state index contributed by atoms with van der Waals surface area (Å²) < 4.78 is 5.91. The number of anilines is 2. The molecule has 0 aliphatic carbocycles. The van der Waals surface area contributed by atoms with Gasteiger partial charge in [-0.05, 0) is 108 Å². The molecule has 0 heterocycles. The van der Waals surface area contributed by atoms with Crippen LogP contribution in [0.1, 0.15) is 43.4 Å². The maximum atomic E-state index is 13.7. The minimum absolute atomic E-state index is 0.0717. The number of hydrogen-bond donors (Lipinski definition) is 3. The van der Waals surface area contributed by atoms with Crippen molar-refractivity contribution in [2.75, 3.05) is 10.6 Å². The first-order valence-corrected chi connectivity index (χ1v) is 18.0. The lowest BCUT2D eigenvalue weighted by Gasteiger charge is -2.18. The number of amides is 3. The number of thioether (sulfide) groups is 1. The SMILES string of the molecule is Cc1ccc(NC(=O)C(Sc2ccc(NC(=O)/C(=C/c3ccc(OCc4ccccc4)cc3)NC(=O)c3ccccc3)cc2)c2ccccc2)cc1C. The molecule has 7 nitrogen and oxygen atoms in total. The zero-order valence-electron chi connectivity index (χ0n) is 29.4. The number of hydrogen-bond acceptors (Lipinski definition) is 5. The Kier molecular flexibility index (Phi) is 12.2. The van der Waals surface area contributed by atoms with Crippen molar-refractivity contribution in [3.63, 3.8) is 0 Å². The van der Waals surface area contributed by atoms with Gasteiger partial charge in [0.25, 0.3) is 11.8 Å². The van der Waals surface area contributed by atoms with Crippen LogP contribution < -0.4 is 20.7 Å². The third-order valence-electron chi connectivity index (χ3n) is 8.45. The quantitative estimate of drug-likeness (QED) is 0.0817. The zero-order chi connectivity index (χ0) is 37.0. The summed E-state index contributed by atoms with van der Waals surface area (Å²) in [5, 5.41) is 8.26. The Morgan fingerprint density at radius 1 is 0.660 bits per heavy atom. The minimum Gasteiger partial charge on any atom is -0.489 e. The molecule has 0 aliphatic heterocycles. The van der Waals surface area contributed by atoms with Crippen LogP contribution in [0.5, 0.6) is 5.75 Å². The lowest BCUT2D eigenvalue weighted by Crippen LogP contribution is -2.30. The molecule has 6 aromatic carbocycles. The summed E-state index contributed by atoms with van der Waals surface area (Å²) in [7, 11) is 0. The fourth-order valence-corrected chi connectivity index (χ4v) is 6.41. The van der Waals surface area contributed by atoms with Gasteiger partial charge in [-0.2, -0.15) is 0 Å². The van der Waals surface area contributed by atoms with Crippen LogP contribution in [-0.2, 0) is 16.2 Å². The number of carbonyl (C=O) groups is 3. The highest BCUT2D eigenvalue weighted by atomic mass is 32.2. The Labute approximate surface area is 314 Å². The van der Waals surface area contributed by atoms with Crippen molar-refractivity contribution in [2.24, 2.45) is 0 Å². The van der Waals surface area contributed by atoms with E-state index in [-0.39, 0.29) is 11.6 Å². The van der Waals surface area contributed by atoms with Gasteiger partial charge in [0.2, 0.25) is 5.91 Å². The highest BCUT2D eigenvalue weighted by Crippen LogP contribution is 2.37. The average Bonchev–Trinajstić information content (AvgIpc) is 3.19. The molecule has 0 saturated carbocycles. The van der Waals surface area contributed by atoms with Gasteiger partial charge in [0.1, 0.15) is 23.3 Å². The Morgan fingerprint density at radius 3 is 1.94 bits per heavy atom. The van der Waals surface area contributed by atoms with Gasteiger partial charge in [-0.15, -0.1) is 11.8 Å². The van der Waals surface area contributed by atoms with Gasteiger partial charge < -0.3 is 20.7 Å². The molecular formula is C45H39N3O4S. The molecule has 0 aliphatic rings. The summed E-state index contributed by atoms with van der Waals surface area (Å²) >= 11 is 1.42. The molecule has 3 amide bonds. The number of aryl methyl sites for hydroxylation is 2. The first-order valence-electron chi connectivity index (χ1n) is 17.2. The molecule has 264 valence electrons. The van der Waals surface area contributed by atoms with E-state index in [4.69, 9.17) is 4.74 Å². The van der Waals surface area contributed by atoms with Crippen LogP contribution >= 0.6 is 11.8 Å². The number of benzene rings is 6. The van der Waals surface area contributed by atoms with Gasteiger partial charge in [0, 0.05) is 21.8 Å². The lowest BCUT2D eigenvalue weighted by atomic mass is 10.1. The molecule has 6 aromatic rings. The maximum absolute atomic E-state index is 13.7. The second kappa shape index (κ2) is 17.7. The highest BCUT2D eigenvalue weighted by molar-refractivity contribution is 8.00. The van der Waals surface area contributed by atoms with Crippen LogP contribution in [0.25, 0.3) is 6.08 Å². The van der Waals surface area contributed by atoms with E-state index in [1.165, 1.54) is 11.8 Å². The predicted molar refractivity (Wildman–Crippen MR) is 214 cm³/mol. The van der Waals surface area contributed by atoms with Crippen LogP contribution in [0.2, 0.25) is 0 Å². The molecular weight excluding hydrogens is 679 g/mol. The molecule has 6 rings (SSSR count). The summed E-state index contributed by atoms with van der Waals surface area (Å²) in [5.74, 6) is -0.358. The van der Waals surface area contributed by atoms with Crippen molar-refractivity contribution in [1.82, 2.24) is 5.32 Å². The van der Waals surface area contributed by atoms with Gasteiger partial charge in [0.15, 0.2) is 0 Å². The van der Waals surface area contributed by atoms with Crippen molar-refractivity contribution >= 4 is 46.9 Å². The Morgan fingerprint density at radius 2 is 1.28 bits per heavy atom. The third kappa shape index (κ3) is 10.3. The minimum atomic E-state index is -0.517. The lowest BCUT2D eigenvalue weighted by molar-refractivity contribution is -0.116. The second-order valence-corrected chi connectivity index (χ2v) is 13.6. The normalized spacial score (nSPS) is 11.6. The molecule has 53 heavy (non-hydrogen) atoms. The van der Waals surface area contributed by atoms with Gasteiger partial charge in [-0.3, -0.25) is 14.4 Å². The first-order chi connectivity index (χ1) is 25.8. The molecule has 1 unspecified atom stereocenters. The van der Waals surface area contributed by atoms with Gasteiger partial charge in [-0.25, -0.2) is 0 Å². The van der Waals surface area contributed by atoms with Crippen molar-refractivity contribution in [3.05, 3.63) is 197 Å². The standard InChI is InChI=1S/C45H39N3O4S/c1-31-18-21-38(28-32(31)2)47-45(51)42(35-14-8-4-9-15-35)53-40-26-22-37(23-27-40)46-44(50)41(48-43(49)36-16-10-5-11-17-36)29-33-19-24-39(25-20-33)52-30-34-12-6-3-7-13-34/h3-29,42H,30H2,1-2H3,(H,46,50)(H,47,51)(H,48,49)/b41-29-. The van der Waals surface area contributed by atoms with E-state index in [1.54, 1.807) is 42.5 Å². The van der Waals surface area contributed by atoms with Crippen molar-refractivity contribution in [3.8, 4) is 5.75 Å². The predicted octanol–water partition coefficient (Wildman–Crippen LogP) is 9.76. The summed E-state index contributed by atoms with van der Waals surface area (Å²) in [6.45, 7) is 4.49. The van der Waals surface area contributed by atoms with Crippen LogP contribution in [0.15, 0.2) is 168 Å². The van der Waals surface area contributed by atoms with E-state index in [0.29, 0.717) is 29.2 Å². The molecule has 0 radical (unpaired) electrons. The fourth-order valence-electron chi connectivity index (χ4n) is 5.39. The summed E-state index contributed by atoms with van der Waals surface area (Å²) in [6, 6.07) is 48.7. The molecule has 0 bridgehead atoms. The van der Waals surface area contributed by atoms with Gasteiger partial charge in [-0.1, -0.05) is 97.1 Å². The van der Waals surface area contributed by atoms with Crippen molar-refractivity contribution in [1.29, 1.82) is 0 Å². The number of ether oxygens (including phenoxy) is 1. The Bertz CT molecular complexity index is 2190. The fraction of sp³-hybridized carbons (Fsp3) is 0.0889. The molecule has 0 saturated heterocycles.